The summed E-state index contributed by atoms with van der Waals surface area (Å²) in [4.78, 5) is 96.5. The Labute approximate surface area is 616 Å². The van der Waals surface area contributed by atoms with Crippen molar-refractivity contribution in [1.29, 1.82) is 0 Å². The van der Waals surface area contributed by atoms with E-state index in [1.807, 2.05) is 10.9 Å². The van der Waals surface area contributed by atoms with E-state index in [1.54, 1.807) is 13.8 Å². The molecule has 0 saturated heterocycles. The predicted octanol–water partition coefficient (Wildman–Crippen LogP) is 7.17. The third kappa shape index (κ3) is 38.9. The van der Waals surface area contributed by atoms with E-state index in [-0.39, 0.29) is 84.0 Å². The van der Waals surface area contributed by atoms with Crippen LogP contribution in [-0.2, 0) is 75.0 Å². The van der Waals surface area contributed by atoms with Crippen LogP contribution in [0.2, 0.25) is 15.7 Å². The third-order valence-electron chi connectivity index (χ3n) is 9.07. The zero-order chi connectivity index (χ0) is 79.8. The third-order valence-corrected chi connectivity index (χ3v) is 9.89. The average Bonchev–Trinajstić information content (AvgIpc) is 1.67. The van der Waals surface area contributed by atoms with Crippen molar-refractivity contribution >= 4 is 144 Å². The molecule has 0 spiro atoms. The van der Waals surface area contributed by atoms with Gasteiger partial charge in [0.2, 0.25) is 34.1 Å². The number of hydrazine groups is 3. The second kappa shape index (κ2) is 45.8. The van der Waals surface area contributed by atoms with Crippen LogP contribution in [0, 0.1) is 0 Å². The summed E-state index contributed by atoms with van der Waals surface area (Å²) in [6.07, 6.45) is -20.4. The minimum atomic E-state index is -4.60. The molecule has 8 aromatic rings. The number of rotatable bonds is 9. The Hall–Kier alpha value is -8.52. The average molecular weight is 1690 g/mol. The van der Waals surface area contributed by atoms with Crippen molar-refractivity contribution in [2.24, 2.45) is 17.5 Å². The quantitative estimate of drug-likeness (QED) is 0.00643. The normalized spacial score (nSPS) is 10.9. The standard InChI is InChI=1S/C9H9F3N4O3.C9H7F3N4O2.C7H3F3N4O2.C5HCl2F3N2.C5H2ClF3N2.C5H5F3N4.C4H5ClO3.Cl3OP.Li.H4N2.H2O/c1-2-19-7(18)6(17)15-16-8-13-3-5(4-14-8)9(10,11)12;1-2-18-7(17)6-14-15-8-13-3-5(4-16(6)8)9(10,11)12;8-7(9,10)3-1-11-6-13-12-4(5(15)16)14(6)2-3;6-3-2(5(8,9)10)1-11-4(7)12-3;6-4-10-1-3(2-11-4)5(7,8)9;6-5(7,8)3-1-10-4(12-9)11-2-3;1-2-8-4(7)3(5)6;1-5(2,3)4;;1-2;/h3-4H,2H2,1H3,(H,15,17)(H,13,14,16);3-4H,2H2,1H3;1-2H,(H,15,16);1H;1-2H;1-2H,9H2,(H,10,11,12);2H2,1H3;;;1-2H2;1H2/q;;;;;;;;+1;;/p-1. The van der Waals surface area contributed by atoms with Gasteiger partial charge in [-0.05, 0) is 89.3 Å². The Morgan fingerprint density at radius 2 is 0.838 bits per heavy atom. The van der Waals surface area contributed by atoms with Crippen LogP contribution < -0.4 is 52.7 Å². The molecular formula is C44H37Cl7F18LiN22O12P. The number of ether oxygens (including phenoxy) is 3. The molecule has 8 rings (SSSR count). The van der Waals surface area contributed by atoms with Gasteiger partial charge in [0.1, 0.15) is 10.7 Å². The number of aromatic nitrogens is 16. The number of carboxylic acid groups (broad SMARTS) is 1. The molecule has 0 radical (unpaired) electrons. The Morgan fingerprint density at radius 1 is 0.505 bits per heavy atom. The molecule has 0 bridgehead atoms. The molecule has 0 unspecified atom stereocenters. The van der Waals surface area contributed by atoms with Gasteiger partial charge in [-0.25, -0.2) is 74.9 Å². The van der Waals surface area contributed by atoms with Crippen molar-refractivity contribution < 1.29 is 156 Å². The van der Waals surface area contributed by atoms with Gasteiger partial charge in [-0.15, -0.1) is 20.4 Å². The summed E-state index contributed by atoms with van der Waals surface area (Å²) in [7, 11) is 0. The predicted molar refractivity (Wildman–Crippen MR) is 317 cm³/mol. The molecule has 61 heteroatoms. The van der Waals surface area contributed by atoms with E-state index in [4.69, 9.17) is 57.4 Å². The number of nitrogens with zero attached hydrogens (tertiary/aromatic N) is 16. The number of nitrogens with one attached hydrogen (secondary N) is 3. The number of aromatic carboxylic acids is 1. The number of fused-ring (bicyclic) bond motifs is 2. The number of nitrogen functional groups attached to an aromatic ring is 1. The molecule has 1 amide bonds. The van der Waals surface area contributed by atoms with E-state index in [2.05, 4.69) is 135 Å². The first-order chi connectivity index (χ1) is 47.3. The van der Waals surface area contributed by atoms with Crippen LogP contribution in [-0.4, -0.2) is 144 Å². The van der Waals surface area contributed by atoms with Crippen molar-refractivity contribution in [3.63, 3.8) is 0 Å². The Kier molecular flexibility index (Phi) is 43.9. The van der Waals surface area contributed by atoms with Gasteiger partial charge in [0.15, 0.2) is 0 Å². The number of anilines is 2. The van der Waals surface area contributed by atoms with E-state index in [9.17, 15) is 112 Å². The summed E-state index contributed by atoms with van der Waals surface area (Å²) in [6.45, 7) is 4.95. The van der Waals surface area contributed by atoms with Crippen LogP contribution in [0.3, 0.4) is 0 Å². The second-order valence-corrected chi connectivity index (χ2v) is 24.1. The van der Waals surface area contributed by atoms with Gasteiger partial charge in [-0.2, -0.15) is 79.0 Å². The van der Waals surface area contributed by atoms with Crippen molar-refractivity contribution in [3.8, 4) is 0 Å². The smallest absolute Gasteiger partial charge is 0.870 e. The summed E-state index contributed by atoms with van der Waals surface area (Å²) in [5, 5.41) is 16.6. The first kappa shape index (κ1) is 101. The van der Waals surface area contributed by atoms with Crippen LogP contribution in [0.25, 0.3) is 11.6 Å². The number of carbonyl (C=O) groups excluding carboxylic acids is 5. The van der Waals surface area contributed by atoms with E-state index in [0.29, 0.717) is 72.6 Å². The van der Waals surface area contributed by atoms with Crippen molar-refractivity contribution in [1.82, 2.24) is 84.5 Å². The van der Waals surface area contributed by atoms with Crippen molar-refractivity contribution in [3.05, 3.63) is 129 Å². The van der Waals surface area contributed by atoms with Gasteiger partial charge in [0.25, 0.3) is 11.6 Å². The van der Waals surface area contributed by atoms with E-state index in [1.165, 1.54) is 6.92 Å². The zero-order valence-corrected chi connectivity index (χ0v) is 57.4. The molecular weight excluding hydrogens is 1660 g/mol. The van der Waals surface area contributed by atoms with Gasteiger partial charge < -0.3 is 24.8 Å². The molecule has 11 N–H and O–H groups in total. The molecule has 0 aromatic carbocycles. The van der Waals surface area contributed by atoms with Crippen LogP contribution in [0.5, 0.6) is 0 Å². The maximum atomic E-state index is 12.5. The van der Waals surface area contributed by atoms with Crippen LogP contribution in [0.15, 0.2) is 68.2 Å². The minimum Gasteiger partial charge on any atom is -0.870 e. The van der Waals surface area contributed by atoms with Gasteiger partial charge in [0.05, 0.1) is 47.6 Å². The molecule has 105 heavy (non-hydrogen) atoms. The molecule has 576 valence electrons. The Bertz CT molecular complexity index is 4100. The van der Waals surface area contributed by atoms with E-state index in [0.717, 1.165) is 4.40 Å². The van der Waals surface area contributed by atoms with Gasteiger partial charge in [-0.1, -0.05) is 11.6 Å². The number of nitrogens with two attached hydrogens (primary N) is 3. The van der Waals surface area contributed by atoms with E-state index >= 15 is 0 Å². The Morgan fingerprint density at radius 3 is 1.16 bits per heavy atom. The number of alkyl halides is 18. The largest absolute Gasteiger partial charge is 1.00 e. The fourth-order valence-electron chi connectivity index (χ4n) is 4.98. The summed E-state index contributed by atoms with van der Waals surface area (Å²) in [5.74, 6) is 5.65. The zero-order valence-electron chi connectivity index (χ0n) is 51.2. The topological polar surface area (TPSA) is 501 Å². The number of carbonyl (C=O) groups is 6. The minimum absolute atomic E-state index is 0. The molecule has 0 saturated carbocycles. The number of hydrogen-bond acceptors (Lipinski definition) is 30. The fraction of sp³-hybridized carbons (Fsp3) is 0.273. The van der Waals surface area contributed by atoms with Crippen LogP contribution in [0.4, 0.5) is 90.9 Å². The molecule has 8 heterocycles. The molecule has 0 aliphatic heterocycles. The van der Waals surface area contributed by atoms with Crippen molar-refractivity contribution in [2.75, 3.05) is 30.7 Å². The maximum absolute atomic E-state index is 12.5. The fourth-order valence-corrected chi connectivity index (χ4v) is 5.54. The van der Waals surface area contributed by atoms with Crippen LogP contribution in [0.1, 0.15) is 75.4 Å². The Balaban J connectivity index is -0.00000115. The number of carboxylic acids is 1. The summed E-state index contributed by atoms with van der Waals surface area (Å²) in [5.41, 5.74) is -0.0308. The number of esters is 3. The molecule has 8 aromatic heterocycles. The first-order valence-corrected chi connectivity index (χ1v) is 30.9. The number of hydrogen-bond donors (Lipinski definition) is 7. The summed E-state index contributed by atoms with van der Waals surface area (Å²) < 4.78 is 242. The number of halogens is 25. The molecule has 0 fully saturated rings. The van der Waals surface area contributed by atoms with Crippen LogP contribution >= 0.6 is 85.3 Å². The number of amides is 1. The van der Waals surface area contributed by atoms with Gasteiger partial charge in [0, 0.05) is 68.2 Å². The molecule has 0 aliphatic carbocycles. The van der Waals surface area contributed by atoms with Gasteiger partial charge in [-0.3, -0.25) is 50.9 Å². The SMILES string of the molecule is CCOC(=O)C(=O)Cl.CCOC(=O)C(=O)NNc1ncc(C(F)(F)F)cn1.CCOC(=O)c1nnc2ncc(C(F)(F)F)cn12.FC(F)(F)c1cnc(Cl)nc1.FC(F)(F)c1cnc(Cl)nc1Cl.NN.NNc1ncc(C(F)(F)F)cn1.O=C(O)c1nnc2ncc(C(F)(F)F)cn12.O=P(Cl)(Cl)Cl.[Li+].[OH-]. The van der Waals surface area contributed by atoms with E-state index < -0.39 is 122 Å². The monoisotopic (exact) mass is 1690 g/mol. The summed E-state index contributed by atoms with van der Waals surface area (Å²) >= 11 is 34.1. The van der Waals surface area contributed by atoms with Gasteiger partial charge >= 0.3 is 96.1 Å². The molecule has 34 nitrogen and oxygen atoms in total. The maximum Gasteiger partial charge on any atom is 1.00 e. The van der Waals surface area contributed by atoms with Crippen molar-refractivity contribution in [2.45, 2.75) is 57.8 Å². The second-order valence-electron chi connectivity index (χ2n) is 16.1. The first-order valence-electron chi connectivity index (χ1n) is 24.9. The molecule has 0 aliphatic rings. The summed E-state index contributed by atoms with van der Waals surface area (Å²) in [6, 6.07) is 0. The molecule has 0 atom stereocenters.